The predicted molar refractivity (Wildman–Crippen MR) is 73.0 cm³/mol. The number of aliphatic hydroxyl groups is 9. The summed E-state index contributed by atoms with van der Waals surface area (Å²) in [4.78, 5) is 20.4. The van der Waals surface area contributed by atoms with Crippen LogP contribution in [0.1, 0.15) is 6.92 Å². The van der Waals surface area contributed by atoms with E-state index >= 15 is 0 Å². The Morgan fingerprint density at radius 1 is 0.913 bits per heavy atom. The van der Waals surface area contributed by atoms with Crippen molar-refractivity contribution in [2.75, 3.05) is 13.2 Å². The predicted octanol–water partition coefficient (Wildman–Crippen LogP) is -5.73. The molecule has 11 heteroatoms. The molecule has 0 aliphatic carbocycles. The van der Waals surface area contributed by atoms with Crippen molar-refractivity contribution in [2.45, 2.75) is 49.7 Å². The van der Waals surface area contributed by atoms with E-state index in [1.165, 1.54) is 6.92 Å². The minimum Gasteiger partial charge on any atom is -0.394 e. The highest BCUT2D eigenvalue weighted by molar-refractivity contribution is 5.84. The van der Waals surface area contributed by atoms with Gasteiger partial charge in [-0.25, -0.2) is 0 Å². The number of carbonyl (C=O) groups is 2. The summed E-state index contributed by atoms with van der Waals surface area (Å²) in [6.45, 7) is -0.446. The second-order valence-electron chi connectivity index (χ2n) is 4.66. The van der Waals surface area contributed by atoms with Crippen molar-refractivity contribution >= 4 is 12.1 Å². The molecule has 0 radical (unpaired) electrons. The number of Topliss-reactive ketones (excluding diaryl/α,β-unsaturated/α-hetero) is 1. The Labute approximate surface area is 131 Å². The maximum Gasteiger partial charge on any atom is 0.189 e. The Hall–Kier alpha value is -1.02. The molecule has 0 unspecified atom stereocenters. The van der Waals surface area contributed by atoms with Gasteiger partial charge in [-0.05, 0) is 6.92 Å². The summed E-state index contributed by atoms with van der Waals surface area (Å²) in [5.41, 5.74) is 0. The normalized spacial score (nSPS) is 20.1. The van der Waals surface area contributed by atoms with Crippen molar-refractivity contribution in [2.24, 2.45) is 0 Å². The molecule has 23 heavy (non-hydrogen) atoms. The van der Waals surface area contributed by atoms with E-state index in [1.807, 2.05) is 0 Å². The molecule has 0 rings (SSSR count). The summed E-state index contributed by atoms with van der Waals surface area (Å²) in [5.74, 6) is -1.00. The fourth-order valence-corrected chi connectivity index (χ4v) is 1.17. The molecule has 9 N–H and O–H groups in total. The average Bonchev–Trinajstić information content (AvgIpc) is 2.56. The number of aliphatic hydroxyl groups excluding tert-OH is 9. The first kappa shape index (κ1) is 24.2. The van der Waals surface area contributed by atoms with Gasteiger partial charge in [0.2, 0.25) is 0 Å². The molecular formula is C12H24O11. The van der Waals surface area contributed by atoms with E-state index in [0.717, 1.165) is 0 Å². The number of rotatable bonds is 9. The van der Waals surface area contributed by atoms with Crippen LogP contribution in [0.3, 0.4) is 0 Å². The smallest absolute Gasteiger partial charge is 0.189 e. The zero-order valence-corrected chi connectivity index (χ0v) is 12.4. The lowest BCUT2D eigenvalue weighted by Gasteiger charge is -2.21. The maximum absolute atomic E-state index is 10.5. The van der Waals surface area contributed by atoms with E-state index in [1.54, 1.807) is 0 Å². The molecule has 0 saturated heterocycles. The third-order valence-electron chi connectivity index (χ3n) is 2.72. The fraction of sp³-hybridized carbons (Fsp3) is 0.833. The monoisotopic (exact) mass is 344 g/mol. The molecule has 0 fully saturated rings. The minimum absolute atomic E-state index is 0.0935. The van der Waals surface area contributed by atoms with E-state index in [0.29, 0.717) is 0 Å². The third kappa shape index (κ3) is 9.00. The van der Waals surface area contributed by atoms with Crippen LogP contribution in [0.25, 0.3) is 0 Å². The molecule has 0 aromatic heterocycles. The first-order valence-corrected chi connectivity index (χ1v) is 6.51. The Kier molecular flexibility index (Phi) is 13.1. The number of carbonyl (C=O) groups excluding carboxylic acids is 2. The van der Waals surface area contributed by atoms with Gasteiger partial charge in [0, 0.05) is 0 Å². The fourth-order valence-electron chi connectivity index (χ4n) is 1.17. The molecule has 0 aliphatic rings. The molecule has 7 atom stereocenters. The largest absolute Gasteiger partial charge is 0.394 e. The lowest BCUT2D eigenvalue weighted by atomic mass is 10.1. The van der Waals surface area contributed by atoms with Crippen LogP contribution in [0.15, 0.2) is 0 Å². The van der Waals surface area contributed by atoms with Crippen molar-refractivity contribution < 1.29 is 55.5 Å². The number of ketones is 1. The van der Waals surface area contributed by atoms with Gasteiger partial charge in [-0.15, -0.1) is 0 Å². The van der Waals surface area contributed by atoms with Crippen molar-refractivity contribution in [1.82, 2.24) is 0 Å². The van der Waals surface area contributed by atoms with Crippen molar-refractivity contribution in [3.8, 4) is 0 Å². The zero-order valence-electron chi connectivity index (χ0n) is 12.4. The molecule has 0 aromatic rings. The topological polar surface area (TPSA) is 216 Å². The van der Waals surface area contributed by atoms with E-state index in [9.17, 15) is 9.59 Å². The second kappa shape index (κ2) is 12.4. The van der Waals surface area contributed by atoms with Crippen LogP contribution in [-0.4, -0.2) is 114 Å². The van der Waals surface area contributed by atoms with Gasteiger partial charge in [0.15, 0.2) is 12.1 Å². The minimum atomic E-state index is -1.86. The molecule has 0 bridgehead atoms. The molecule has 0 spiro atoms. The highest BCUT2D eigenvalue weighted by atomic mass is 16.4. The van der Waals surface area contributed by atoms with Crippen LogP contribution in [0.5, 0.6) is 0 Å². The second-order valence-corrected chi connectivity index (χ2v) is 4.66. The number of hydrogen-bond acceptors (Lipinski definition) is 11. The Morgan fingerprint density at radius 2 is 1.39 bits per heavy atom. The van der Waals surface area contributed by atoms with Crippen LogP contribution >= 0.6 is 0 Å². The Bertz CT molecular complexity index is 335. The van der Waals surface area contributed by atoms with Crippen LogP contribution in [0, 0.1) is 0 Å². The van der Waals surface area contributed by atoms with E-state index in [-0.39, 0.29) is 6.29 Å². The maximum atomic E-state index is 10.5. The Balaban J connectivity index is 0. The molecule has 0 saturated carbocycles. The Morgan fingerprint density at radius 3 is 1.70 bits per heavy atom. The SMILES string of the molecule is C[C@@H](O)[C@H](O)[C@H](O)[C@@H](O)C=O.O=C(CO)[C@@H](O)[C@@H](O)[C@H](O)CO. The van der Waals surface area contributed by atoms with E-state index in [4.69, 9.17) is 46.0 Å². The van der Waals surface area contributed by atoms with Gasteiger partial charge in [0.25, 0.3) is 0 Å². The van der Waals surface area contributed by atoms with Crippen molar-refractivity contribution in [3.05, 3.63) is 0 Å². The third-order valence-corrected chi connectivity index (χ3v) is 2.72. The summed E-state index contributed by atoms with van der Waals surface area (Å²) in [7, 11) is 0. The highest BCUT2D eigenvalue weighted by Gasteiger charge is 2.29. The molecule has 11 nitrogen and oxygen atoms in total. The number of hydrogen-bond donors (Lipinski definition) is 9. The van der Waals surface area contributed by atoms with Gasteiger partial charge in [0.1, 0.15) is 43.2 Å². The van der Waals surface area contributed by atoms with Gasteiger partial charge in [0.05, 0.1) is 12.7 Å². The molecule has 0 aliphatic heterocycles. The van der Waals surface area contributed by atoms with Gasteiger partial charge >= 0.3 is 0 Å². The lowest BCUT2D eigenvalue weighted by molar-refractivity contribution is -0.142. The quantitative estimate of drug-likeness (QED) is 0.179. The van der Waals surface area contributed by atoms with E-state index < -0.39 is 61.7 Å². The highest BCUT2D eigenvalue weighted by Crippen LogP contribution is 2.02. The van der Waals surface area contributed by atoms with E-state index in [2.05, 4.69) is 0 Å². The van der Waals surface area contributed by atoms with Crippen LogP contribution in [0.4, 0.5) is 0 Å². The lowest BCUT2D eigenvalue weighted by Crippen LogP contribution is -2.44. The van der Waals surface area contributed by atoms with Gasteiger partial charge < -0.3 is 50.8 Å². The van der Waals surface area contributed by atoms with Crippen LogP contribution in [-0.2, 0) is 9.59 Å². The molecule has 0 aromatic carbocycles. The number of aldehydes is 1. The first-order valence-electron chi connectivity index (χ1n) is 6.51. The standard InChI is InChI=1S/C6H12O6.C6H12O5/c7-1-3(9)5(11)6(12)4(10)2-8;1-3(8)5(10)6(11)4(9)2-7/h3,5-9,11-12H,1-2H2;2-6,8-11H,1H3/t3-,5+,6-;3-,4+,5+,6-/m11/s1. The molecule has 0 heterocycles. The van der Waals surface area contributed by atoms with Crippen molar-refractivity contribution in [3.63, 3.8) is 0 Å². The average molecular weight is 344 g/mol. The van der Waals surface area contributed by atoms with Crippen molar-refractivity contribution in [1.29, 1.82) is 0 Å². The summed E-state index contributed by atoms with van der Waals surface area (Å²) < 4.78 is 0. The first-order chi connectivity index (χ1) is 10.5. The summed E-state index contributed by atoms with van der Waals surface area (Å²) in [6.07, 6.45) is -11.1. The summed E-state index contributed by atoms with van der Waals surface area (Å²) in [6, 6.07) is 0. The van der Waals surface area contributed by atoms with Gasteiger partial charge in [-0.1, -0.05) is 0 Å². The van der Waals surface area contributed by atoms with Crippen LogP contribution in [0.2, 0.25) is 0 Å². The zero-order chi connectivity index (χ0) is 18.7. The molecule has 0 amide bonds. The van der Waals surface area contributed by atoms with Gasteiger partial charge in [-0.3, -0.25) is 4.79 Å². The summed E-state index contributed by atoms with van der Waals surface area (Å²) in [5, 5.41) is 78.2. The molecule has 138 valence electrons. The molecular weight excluding hydrogens is 320 g/mol. The van der Waals surface area contributed by atoms with Crippen LogP contribution < -0.4 is 0 Å². The van der Waals surface area contributed by atoms with Gasteiger partial charge in [-0.2, -0.15) is 0 Å². The summed E-state index contributed by atoms with van der Waals surface area (Å²) >= 11 is 0.